The summed E-state index contributed by atoms with van der Waals surface area (Å²) in [4.78, 5) is 22.0. The van der Waals surface area contributed by atoms with E-state index >= 15 is 0 Å². The van der Waals surface area contributed by atoms with Gasteiger partial charge in [0.1, 0.15) is 5.82 Å². The first kappa shape index (κ1) is 18.7. The van der Waals surface area contributed by atoms with Crippen LogP contribution in [0, 0.1) is 0 Å². The van der Waals surface area contributed by atoms with Crippen LogP contribution >= 0.6 is 0 Å². The molecule has 2 heterocycles. The summed E-state index contributed by atoms with van der Waals surface area (Å²) in [6.45, 7) is 3.47. The molecular formula is C23H28N4O. The molecule has 0 spiro atoms. The standard InChI is InChI=1S/C23H28N4O/c1-25(2)14-15-26-13-11-24-22(26)21-8-5-12-27(17-21)23(28)20-10-9-18-6-3-4-7-19(18)16-20/h3-4,6-7,9-11,13,16,21H,5,8,12,14-15,17H2,1-2H3/t21-/m1/s1. The van der Waals surface area contributed by atoms with Crippen molar-refractivity contribution in [3.63, 3.8) is 0 Å². The molecule has 0 radical (unpaired) electrons. The number of piperidine rings is 1. The van der Waals surface area contributed by atoms with Crippen molar-refractivity contribution in [1.82, 2.24) is 19.4 Å². The Bertz CT molecular complexity index is 962. The van der Waals surface area contributed by atoms with Crippen LogP contribution in [0.2, 0.25) is 0 Å². The molecule has 0 saturated carbocycles. The molecule has 28 heavy (non-hydrogen) atoms. The van der Waals surface area contributed by atoms with Gasteiger partial charge in [0.05, 0.1) is 0 Å². The third-order valence-electron chi connectivity index (χ3n) is 5.61. The Morgan fingerprint density at radius 3 is 2.82 bits per heavy atom. The normalized spacial score (nSPS) is 17.4. The van der Waals surface area contributed by atoms with E-state index in [1.54, 1.807) is 0 Å². The Balaban J connectivity index is 1.50. The van der Waals surface area contributed by atoms with Crippen molar-refractivity contribution in [3.8, 4) is 0 Å². The molecule has 5 heteroatoms. The molecule has 2 aromatic carbocycles. The second-order valence-corrected chi connectivity index (χ2v) is 7.93. The van der Waals surface area contributed by atoms with Crippen molar-refractivity contribution in [2.45, 2.75) is 25.3 Å². The molecule has 0 N–H and O–H groups in total. The quantitative estimate of drug-likeness (QED) is 0.683. The average molecular weight is 377 g/mol. The van der Waals surface area contributed by atoms with Gasteiger partial charge in [0.2, 0.25) is 0 Å². The summed E-state index contributed by atoms with van der Waals surface area (Å²) in [6, 6.07) is 14.2. The lowest BCUT2D eigenvalue weighted by molar-refractivity contribution is 0.0703. The molecule has 146 valence electrons. The summed E-state index contributed by atoms with van der Waals surface area (Å²) >= 11 is 0. The fourth-order valence-corrected chi connectivity index (χ4v) is 4.05. The zero-order chi connectivity index (χ0) is 19.5. The second kappa shape index (κ2) is 8.15. The highest BCUT2D eigenvalue weighted by Crippen LogP contribution is 2.27. The predicted octanol–water partition coefficient (Wildman–Crippen LogP) is 3.62. The average Bonchev–Trinajstić information content (AvgIpc) is 3.20. The minimum absolute atomic E-state index is 0.127. The summed E-state index contributed by atoms with van der Waals surface area (Å²) in [5.74, 6) is 1.54. The van der Waals surface area contributed by atoms with E-state index in [4.69, 9.17) is 0 Å². The molecule has 5 nitrogen and oxygen atoms in total. The van der Waals surface area contributed by atoms with E-state index in [2.05, 4.69) is 46.9 Å². The van der Waals surface area contributed by atoms with Crippen LogP contribution in [0.3, 0.4) is 0 Å². The Labute approximate surface area is 166 Å². The Kier molecular flexibility index (Phi) is 5.44. The van der Waals surface area contributed by atoms with Crippen molar-refractivity contribution in [2.75, 3.05) is 33.7 Å². The van der Waals surface area contributed by atoms with E-state index in [-0.39, 0.29) is 5.91 Å². The first-order chi connectivity index (χ1) is 13.6. The number of hydrogen-bond donors (Lipinski definition) is 0. The van der Waals surface area contributed by atoms with Crippen molar-refractivity contribution in [1.29, 1.82) is 0 Å². The van der Waals surface area contributed by atoms with Crippen LogP contribution in [0.25, 0.3) is 10.8 Å². The SMILES string of the molecule is CN(C)CCn1ccnc1[C@@H]1CCCN(C(=O)c2ccc3ccccc3c2)C1. The van der Waals surface area contributed by atoms with Crippen LogP contribution in [0.4, 0.5) is 0 Å². The minimum atomic E-state index is 0.127. The molecule has 0 unspecified atom stereocenters. The molecule has 3 aromatic rings. The van der Waals surface area contributed by atoms with E-state index in [0.29, 0.717) is 5.92 Å². The summed E-state index contributed by atoms with van der Waals surface area (Å²) in [5, 5.41) is 2.28. The maximum atomic E-state index is 13.2. The number of nitrogens with zero attached hydrogens (tertiary/aromatic N) is 4. The van der Waals surface area contributed by atoms with Gasteiger partial charge in [-0.3, -0.25) is 4.79 Å². The number of carbonyl (C=O) groups excluding carboxylic acids is 1. The number of rotatable bonds is 5. The van der Waals surface area contributed by atoms with Gasteiger partial charge < -0.3 is 14.4 Å². The van der Waals surface area contributed by atoms with E-state index in [9.17, 15) is 4.79 Å². The summed E-state index contributed by atoms with van der Waals surface area (Å²) in [5.41, 5.74) is 0.773. The lowest BCUT2D eigenvalue weighted by atomic mass is 9.96. The highest BCUT2D eigenvalue weighted by atomic mass is 16.2. The van der Waals surface area contributed by atoms with Gasteiger partial charge in [0.25, 0.3) is 5.91 Å². The molecule has 0 bridgehead atoms. The minimum Gasteiger partial charge on any atom is -0.338 e. The number of amides is 1. The van der Waals surface area contributed by atoms with Crippen LogP contribution < -0.4 is 0 Å². The highest BCUT2D eigenvalue weighted by molar-refractivity contribution is 5.98. The molecule has 1 aromatic heterocycles. The number of carbonyl (C=O) groups is 1. The van der Waals surface area contributed by atoms with Crippen molar-refractivity contribution in [3.05, 3.63) is 66.2 Å². The van der Waals surface area contributed by atoms with Gasteiger partial charge in [-0.25, -0.2) is 4.98 Å². The largest absolute Gasteiger partial charge is 0.338 e. The topological polar surface area (TPSA) is 41.4 Å². The van der Waals surface area contributed by atoms with E-state index in [1.807, 2.05) is 41.4 Å². The molecule has 1 saturated heterocycles. The zero-order valence-electron chi connectivity index (χ0n) is 16.7. The third kappa shape index (κ3) is 3.94. The Morgan fingerprint density at radius 1 is 1.18 bits per heavy atom. The lowest BCUT2D eigenvalue weighted by Crippen LogP contribution is -2.39. The fraction of sp³-hybridized carbons (Fsp3) is 0.391. The molecule has 1 aliphatic heterocycles. The Morgan fingerprint density at radius 2 is 2.00 bits per heavy atom. The van der Waals surface area contributed by atoms with Crippen LogP contribution in [0.5, 0.6) is 0 Å². The van der Waals surface area contributed by atoms with Crippen molar-refractivity contribution >= 4 is 16.7 Å². The van der Waals surface area contributed by atoms with Gasteiger partial charge in [-0.15, -0.1) is 0 Å². The van der Waals surface area contributed by atoms with Crippen LogP contribution in [0.15, 0.2) is 54.9 Å². The van der Waals surface area contributed by atoms with Gasteiger partial charge in [0.15, 0.2) is 0 Å². The second-order valence-electron chi connectivity index (χ2n) is 7.93. The molecule has 1 fully saturated rings. The lowest BCUT2D eigenvalue weighted by Gasteiger charge is -2.33. The molecule has 0 aliphatic carbocycles. The number of fused-ring (bicyclic) bond motifs is 1. The highest BCUT2D eigenvalue weighted by Gasteiger charge is 2.28. The maximum Gasteiger partial charge on any atom is 0.253 e. The molecule has 1 aliphatic rings. The monoisotopic (exact) mass is 376 g/mol. The van der Waals surface area contributed by atoms with Crippen molar-refractivity contribution in [2.24, 2.45) is 0 Å². The van der Waals surface area contributed by atoms with E-state index in [1.165, 1.54) is 5.39 Å². The molecule has 1 amide bonds. The fourth-order valence-electron chi connectivity index (χ4n) is 4.05. The van der Waals surface area contributed by atoms with E-state index in [0.717, 1.165) is 55.8 Å². The number of hydrogen-bond acceptors (Lipinski definition) is 3. The van der Waals surface area contributed by atoms with Gasteiger partial charge in [0, 0.05) is 50.1 Å². The van der Waals surface area contributed by atoms with Gasteiger partial charge in [-0.05, 0) is 49.8 Å². The van der Waals surface area contributed by atoms with Crippen LogP contribution in [-0.2, 0) is 6.54 Å². The summed E-state index contributed by atoms with van der Waals surface area (Å²) < 4.78 is 2.24. The summed E-state index contributed by atoms with van der Waals surface area (Å²) in [6.07, 6.45) is 6.04. The number of imidazole rings is 1. The number of likely N-dealkylation sites (N-methyl/N-ethyl adjacent to an activating group) is 1. The summed E-state index contributed by atoms with van der Waals surface area (Å²) in [7, 11) is 4.17. The van der Waals surface area contributed by atoms with Crippen LogP contribution in [0.1, 0.15) is 34.9 Å². The third-order valence-corrected chi connectivity index (χ3v) is 5.61. The molecule has 4 rings (SSSR count). The maximum absolute atomic E-state index is 13.2. The van der Waals surface area contributed by atoms with Crippen LogP contribution in [-0.4, -0.2) is 59.0 Å². The van der Waals surface area contributed by atoms with Gasteiger partial charge >= 0.3 is 0 Å². The first-order valence-corrected chi connectivity index (χ1v) is 10.1. The zero-order valence-corrected chi connectivity index (χ0v) is 16.7. The smallest absolute Gasteiger partial charge is 0.253 e. The predicted molar refractivity (Wildman–Crippen MR) is 113 cm³/mol. The van der Waals surface area contributed by atoms with Gasteiger partial charge in [-0.2, -0.15) is 0 Å². The van der Waals surface area contributed by atoms with Crippen molar-refractivity contribution < 1.29 is 4.79 Å². The Hall–Kier alpha value is -2.66. The number of benzene rings is 2. The molecule has 1 atom stereocenters. The van der Waals surface area contributed by atoms with Gasteiger partial charge in [-0.1, -0.05) is 30.3 Å². The number of likely N-dealkylation sites (tertiary alicyclic amines) is 1. The first-order valence-electron chi connectivity index (χ1n) is 10.1. The van der Waals surface area contributed by atoms with E-state index < -0.39 is 0 Å². The number of aromatic nitrogens is 2. The molecular weight excluding hydrogens is 348 g/mol.